The maximum Gasteiger partial charge on any atom is 0.308 e. The zero-order valence-corrected chi connectivity index (χ0v) is 8.54. The monoisotopic (exact) mass is 186 g/mol. The molecule has 13 heavy (non-hydrogen) atoms. The second kappa shape index (κ2) is 3.66. The number of carbonyl (C=O) groups excluding carboxylic acids is 1. The first kappa shape index (κ1) is 10.5. The molecule has 1 rings (SSSR count). The van der Waals surface area contributed by atoms with Gasteiger partial charge < -0.3 is 9.84 Å². The van der Waals surface area contributed by atoms with E-state index in [1.54, 1.807) is 0 Å². The van der Waals surface area contributed by atoms with E-state index in [0.717, 1.165) is 12.8 Å². The van der Waals surface area contributed by atoms with E-state index in [9.17, 15) is 9.90 Å². The van der Waals surface area contributed by atoms with Crippen molar-refractivity contribution in [2.45, 2.75) is 39.2 Å². The molecule has 1 fully saturated rings. The van der Waals surface area contributed by atoms with Crippen molar-refractivity contribution < 1.29 is 14.6 Å². The summed E-state index contributed by atoms with van der Waals surface area (Å²) in [6.07, 6.45) is 1.89. The Bertz CT molecular complexity index is 198. The van der Waals surface area contributed by atoms with Gasteiger partial charge in [-0.15, -0.1) is 0 Å². The highest BCUT2D eigenvalue weighted by atomic mass is 16.5. The van der Waals surface area contributed by atoms with Crippen LogP contribution in [0, 0.1) is 11.3 Å². The average molecular weight is 186 g/mol. The quantitative estimate of drug-likeness (QED) is 0.629. The first-order valence-electron chi connectivity index (χ1n) is 4.73. The van der Waals surface area contributed by atoms with Crippen LogP contribution in [0.3, 0.4) is 0 Å². The van der Waals surface area contributed by atoms with Crippen LogP contribution in [0.1, 0.15) is 33.1 Å². The van der Waals surface area contributed by atoms with Gasteiger partial charge in [-0.1, -0.05) is 13.8 Å². The van der Waals surface area contributed by atoms with E-state index in [1.807, 2.05) is 13.8 Å². The fraction of sp³-hybridized carbons (Fsp3) is 0.900. The summed E-state index contributed by atoms with van der Waals surface area (Å²) in [7, 11) is 1.42. The van der Waals surface area contributed by atoms with Crippen LogP contribution in [0.5, 0.6) is 0 Å². The van der Waals surface area contributed by atoms with Gasteiger partial charge in [-0.2, -0.15) is 0 Å². The van der Waals surface area contributed by atoms with Crippen LogP contribution >= 0.6 is 0 Å². The summed E-state index contributed by atoms with van der Waals surface area (Å²) >= 11 is 0. The van der Waals surface area contributed by atoms with E-state index in [-0.39, 0.29) is 23.4 Å². The van der Waals surface area contributed by atoms with Gasteiger partial charge in [-0.3, -0.25) is 4.79 Å². The van der Waals surface area contributed by atoms with Gasteiger partial charge in [0.05, 0.1) is 19.1 Å². The van der Waals surface area contributed by atoms with Gasteiger partial charge in [-0.05, 0) is 24.7 Å². The molecule has 0 aliphatic heterocycles. The van der Waals surface area contributed by atoms with Gasteiger partial charge in [0.25, 0.3) is 0 Å². The third-order valence-electron chi connectivity index (χ3n) is 3.00. The van der Waals surface area contributed by atoms with Crippen molar-refractivity contribution in [3.05, 3.63) is 0 Å². The molecule has 2 atom stereocenters. The SMILES string of the molecule is COC(=O)C1CCC(O)C(C)(C)C1. The van der Waals surface area contributed by atoms with E-state index in [0.29, 0.717) is 6.42 Å². The molecule has 3 nitrogen and oxygen atoms in total. The molecule has 0 bridgehead atoms. The maximum atomic E-state index is 11.3. The lowest BCUT2D eigenvalue weighted by Crippen LogP contribution is -2.39. The van der Waals surface area contributed by atoms with Crippen molar-refractivity contribution in [3.8, 4) is 0 Å². The third kappa shape index (κ3) is 2.21. The second-order valence-electron chi connectivity index (χ2n) is 4.51. The van der Waals surface area contributed by atoms with Crippen molar-refractivity contribution in [1.82, 2.24) is 0 Å². The Labute approximate surface area is 79.1 Å². The number of carbonyl (C=O) groups is 1. The summed E-state index contributed by atoms with van der Waals surface area (Å²) in [5.74, 6) is -0.164. The highest BCUT2D eigenvalue weighted by Crippen LogP contribution is 2.39. The second-order valence-corrected chi connectivity index (χ2v) is 4.51. The van der Waals surface area contributed by atoms with Crippen LogP contribution in [0.25, 0.3) is 0 Å². The number of esters is 1. The topological polar surface area (TPSA) is 46.5 Å². The van der Waals surface area contributed by atoms with E-state index in [2.05, 4.69) is 0 Å². The number of aliphatic hydroxyl groups is 1. The van der Waals surface area contributed by atoms with E-state index >= 15 is 0 Å². The average Bonchev–Trinajstić information content (AvgIpc) is 2.08. The van der Waals surface area contributed by atoms with Crippen LogP contribution in [0.15, 0.2) is 0 Å². The highest BCUT2D eigenvalue weighted by Gasteiger charge is 2.38. The molecule has 0 aromatic rings. The van der Waals surface area contributed by atoms with Crippen molar-refractivity contribution >= 4 is 5.97 Å². The predicted molar refractivity (Wildman–Crippen MR) is 49.1 cm³/mol. The number of rotatable bonds is 1. The number of aliphatic hydroxyl groups excluding tert-OH is 1. The minimum absolute atomic E-state index is 0.0246. The molecule has 1 aliphatic carbocycles. The van der Waals surface area contributed by atoms with E-state index in [1.165, 1.54) is 7.11 Å². The first-order chi connectivity index (χ1) is 5.97. The fourth-order valence-electron chi connectivity index (χ4n) is 1.99. The fourth-order valence-corrected chi connectivity index (χ4v) is 1.99. The largest absolute Gasteiger partial charge is 0.469 e. The molecule has 1 saturated carbocycles. The maximum absolute atomic E-state index is 11.3. The Morgan fingerprint density at radius 1 is 1.46 bits per heavy atom. The van der Waals surface area contributed by atoms with Crippen LogP contribution in [-0.2, 0) is 9.53 Å². The summed E-state index contributed by atoms with van der Waals surface area (Å²) in [5.41, 5.74) is -0.156. The van der Waals surface area contributed by atoms with Gasteiger partial charge in [-0.25, -0.2) is 0 Å². The number of ether oxygens (including phenoxy) is 1. The molecule has 0 radical (unpaired) electrons. The summed E-state index contributed by atoms with van der Waals surface area (Å²) in [6, 6.07) is 0. The standard InChI is InChI=1S/C10H18O3/c1-10(2)6-7(9(12)13-3)4-5-8(10)11/h7-8,11H,4-6H2,1-3H3. The molecular weight excluding hydrogens is 168 g/mol. The van der Waals surface area contributed by atoms with Gasteiger partial charge in [0.15, 0.2) is 0 Å². The Morgan fingerprint density at radius 3 is 2.54 bits per heavy atom. The Balaban J connectivity index is 2.60. The van der Waals surface area contributed by atoms with Gasteiger partial charge in [0.1, 0.15) is 0 Å². The summed E-state index contributed by atoms with van der Waals surface area (Å²) in [6.45, 7) is 3.99. The smallest absolute Gasteiger partial charge is 0.308 e. The molecule has 0 aromatic heterocycles. The molecule has 3 heteroatoms. The molecule has 0 aromatic carbocycles. The van der Waals surface area contributed by atoms with Crippen molar-refractivity contribution in [2.24, 2.45) is 11.3 Å². The zero-order valence-electron chi connectivity index (χ0n) is 8.54. The van der Waals surface area contributed by atoms with Gasteiger partial charge in [0.2, 0.25) is 0 Å². The Hall–Kier alpha value is -0.570. The lowest BCUT2D eigenvalue weighted by atomic mass is 9.70. The van der Waals surface area contributed by atoms with Crippen LogP contribution in [0.2, 0.25) is 0 Å². The van der Waals surface area contributed by atoms with Crippen LogP contribution < -0.4 is 0 Å². The molecular formula is C10H18O3. The summed E-state index contributed by atoms with van der Waals surface area (Å²) in [5, 5.41) is 9.66. The van der Waals surface area contributed by atoms with Crippen LogP contribution in [0.4, 0.5) is 0 Å². The van der Waals surface area contributed by atoms with Crippen molar-refractivity contribution in [3.63, 3.8) is 0 Å². The molecule has 1 N–H and O–H groups in total. The molecule has 76 valence electrons. The summed E-state index contributed by atoms with van der Waals surface area (Å²) in [4.78, 5) is 11.3. The molecule has 1 aliphatic rings. The zero-order chi connectivity index (χ0) is 10.1. The predicted octanol–water partition coefficient (Wildman–Crippen LogP) is 1.35. The van der Waals surface area contributed by atoms with Gasteiger partial charge in [0, 0.05) is 0 Å². The molecule has 0 heterocycles. The highest BCUT2D eigenvalue weighted by molar-refractivity contribution is 5.72. The first-order valence-corrected chi connectivity index (χ1v) is 4.73. The summed E-state index contributed by atoms with van der Waals surface area (Å²) < 4.78 is 4.70. The van der Waals surface area contributed by atoms with Gasteiger partial charge >= 0.3 is 5.97 Å². The molecule has 0 saturated heterocycles. The van der Waals surface area contributed by atoms with E-state index < -0.39 is 0 Å². The normalized spacial score (nSPS) is 32.6. The number of hydrogen-bond acceptors (Lipinski definition) is 3. The Morgan fingerprint density at radius 2 is 2.08 bits per heavy atom. The van der Waals surface area contributed by atoms with Crippen LogP contribution in [-0.4, -0.2) is 24.3 Å². The molecule has 0 spiro atoms. The van der Waals surface area contributed by atoms with E-state index in [4.69, 9.17) is 4.74 Å². The Kier molecular flexibility index (Phi) is 2.96. The molecule has 0 amide bonds. The minimum atomic E-state index is -0.284. The minimum Gasteiger partial charge on any atom is -0.469 e. The lowest BCUT2D eigenvalue weighted by molar-refractivity contribution is -0.150. The molecule has 2 unspecified atom stereocenters. The third-order valence-corrected chi connectivity index (χ3v) is 3.00. The van der Waals surface area contributed by atoms with Crippen molar-refractivity contribution in [1.29, 1.82) is 0 Å². The van der Waals surface area contributed by atoms with Crippen molar-refractivity contribution in [2.75, 3.05) is 7.11 Å². The lowest BCUT2D eigenvalue weighted by Gasteiger charge is -2.38. The number of methoxy groups -OCH3 is 1. The number of hydrogen-bond donors (Lipinski definition) is 1.